The fourth-order valence-electron chi connectivity index (χ4n) is 1.85. The van der Waals surface area contributed by atoms with Crippen LogP contribution in [-0.2, 0) is 9.53 Å². The first kappa shape index (κ1) is 15.0. The van der Waals surface area contributed by atoms with E-state index in [4.69, 9.17) is 17.0 Å². The van der Waals surface area contributed by atoms with Crippen molar-refractivity contribution in [1.29, 1.82) is 0 Å². The summed E-state index contributed by atoms with van der Waals surface area (Å²) in [6.45, 7) is 5.94. The molecule has 1 aliphatic heterocycles. The average Bonchev–Trinajstić information content (AvgIpc) is 3.08. The van der Waals surface area contributed by atoms with Crippen LogP contribution in [0.3, 0.4) is 0 Å². The van der Waals surface area contributed by atoms with E-state index in [9.17, 15) is 9.59 Å². The lowest BCUT2D eigenvalue weighted by Crippen LogP contribution is -2.50. The molecule has 1 aliphatic carbocycles. The van der Waals surface area contributed by atoms with E-state index in [1.54, 1.807) is 12.3 Å². The molecular weight excluding hydrogens is 276 g/mol. The summed E-state index contributed by atoms with van der Waals surface area (Å²) in [5, 5.41) is 2.73. The molecule has 0 N–H and O–H groups in total. The molecule has 0 radical (unpaired) electrons. The van der Waals surface area contributed by atoms with Crippen LogP contribution in [0.15, 0.2) is 12.3 Å². The molecule has 20 heavy (non-hydrogen) atoms. The van der Waals surface area contributed by atoms with Gasteiger partial charge in [0.15, 0.2) is 0 Å². The van der Waals surface area contributed by atoms with Crippen LogP contribution in [0, 0.1) is 5.92 Å². The number of thiocarbonyl (C=S) groups is 1. The first-order valence-corrected chi connectivity index (χ1v) is 7.20. The normalized spacial score (nSPS) is 19.2. The van der Waals surface area contributed by atoms with Crippen molar-refractivity contribution < 1.29 is 14.3 Å². The van der Waals surface area contributed by atoms with Gasteiger partial charge in [-0.05, 0) is 45.6 Å². The number of carbonyl (C=O) groups excluding carboxylic acids is 2. The quantitative estimate of drug-likeness (QED) is 0.751. The first-order chi connectivity index (χ1) is 9.26. The van der Waals surface area contributed by atoms with Gasteiger partial charge in [-0.25, -0.2) is 14.8 Å². The van der Waals surface area contributed by atoms with Gasteiger partial charge in [-0.2, -0.15) is 0 Å². The van der Waals surface area contributed by atoms with Crippen molar-refractivity contribution in [2.45, 2.75) is 45.6 Å². The predicted molar refractivity (Wildman–Crippen MR) is 78.9 cm³/mol. The van der Waals surface area contributed by atoms with Crippen LogP contribution in [0.25, 0.3) is 0 Å². The second-order valence-corrected chi connectivity index (χ2v) is 6.73. The molecule has 0 atom stereocenters. The molecule has 2 amide bonds. The fourth-order valence-corrected chi connectivity index (χ4v) is 2.04. The van der Waals surface area contributed by atoms with Gasteiger partial charge in [0.2, 0.25) is 0 Å². The Morgan fingerprint density at radius 3 is 2.65 bits per heavy atom. The number of hydrogen-bond acceptors (Lipinski definition) is 4. The van der Waals surface area contributed by atoms with Gasteiger partial charge < -0.3 is 4.74 Å². The molecule has 0 spiro atoms. The smallest absolute Gasteiger partial charge is 0.429 e. The van der Waals surface area contributed by atoms with Gasteiger partial charge in [0.05, 0.1) is 6.42 Å². The lowest BCUT2D eigenvalue weighted by molar-refractivity contribution is -0.141. The van der Waals surface area contributed by atoms with Crippen molar-refractivity contribution in [1.82, 2.24) is 10.0 Å². The lowest BCUT2D eigenvalue weighted by Gasteiger charge is -2.35. The molecule has 6 heteroatoms. The Labute approximate surface area is 124 Å². The van der Waals surface area contributed by atoms with Crippen molar-refractivity contribution in [2.24, 2.45) is 5.92 Å². The molecule has 0 saturated heterocycles. The monoisotopic (exact) mass is 296 g/mol. The van der Waals surface area contributed by atoms with Crippen molar-refractivity contribution in [3.05, 3.63) is 12.3 Å². The summed E-state index contributed by atoms with van der Waals surface area (Å²) in [6.07, 6.45) is 5.08. The zero-order valence-electron chi connectivity index (χ0n) is 12.1. The molecule has 0 aromatic carbocycles. The SMILES string of the molecule is CC(C)(C)OC(=O)N(CC1CC1)N1C=CC(=S)CC1=O. The Morgan fingerprint density at radius 1 is 1.50 bits per heavy atom. The fraction of sp³-hybridized carbons (Fsp3) is 0.643. The molecule has 2 rings (SSSR count). The summed E-state index contributed by atoms with van der Waals surface area (Å²) >= 11 is 5.01. The molecule has 0 aromatic rings. The highest BCUT2D eigenvalue weighted by Crippen LogP contribution is 2.31. The van der Waals surface area contributed by atoms with Crippen molar-refractivity contribution in [3.63, 3.8) is 0 Å². The van der Waals surface area contributed by atoms with Crippen LogP contribution in [0.5, 0.6) is 0 Å². The Balaban J connectivity index is 2.14. The Morgan fingerprint density at radius 2 is 2.15 bits per heavy atom. The van der Waals surface area contributed by atoms with Crippen molar-refractivity contribution >= 4 is 29.1 Å². The van der Waals surface area contributed by atoms with Gasteiger partial charge >= 0.3 is 6.09 Å². The number of hydrazine groups is 1. The number of amides is 2. The Kier molecular flexibility index (Phi) is 4.13. The maximum Gasteiger partial charge on any atom is 0.429 e. The van der Waals surface area contributed by atoms with Gasteiger partial charge in [-0.15, -0.1) is 0 Å². The summed E-state index contributed by atoms with van der Waals surface area (Å²) in [5.74, 6) is 0.265. The second kappa shape index (κ2) is 5.52. The number of carbonyl (C=O) groups is 2. The zero-order valence-corrected chi connectivity index (χ0v) is 12.9. The number of nitrogens with zero attached hydrogens (tertiary/aromatic N) is 2. The Hall–Kier alpha value is -1.43. The maximum atomic E-state index is 12.3. The first-order valence-electron chi connectivity index (χ1n) is 6.80. The number of ether oxygens (including phenoxy) is 1. The molecule has 110 valence electrons. The lowest BCUT2D eigenvalue weighted by atomic mass is 10.2. The van der Waals surface area contributed by atoms with E-state index in [0.717, 1.165) is 12.8 Å². The van der Waals surface area contributed by atoms with Gasteiger partial charge in [0.25, 0.3) is 5.91 Å². The van der Waals surface area contributed by atoms with E-state index in [0.29, 0.717) is 17.3 Å². The van der Waals surface area contributed by atoms with Crippen LogP contribution >= 0.6 is 12.2 Å². The predicted octanol–water partition coefficient (Wildman–Crippen LogP) is 2.66. The van der Waals surface area contributed by atoms with E-state index in [-0.39, 0.29) is 12.3 Å². The van der Waals surface area contributed by atoms with E-state index in [1.807, 2.05) is 20.8 Å². The van der Waals surface area contributed by atoms with E-state index >= 15 is 0 Å². The number of hydrogen-bond donors (Lipinski definition) is 0. The topological polar surface area (TPSA) is 49.9 Å². The third kappa shape index (κ3) is 4.03. The van der Waals surface area contributed by atoms with Crippen LogP contribution < -0.4 is 0 Å². The average molecular weight is 296 g/mol. The molecule has 0 aromatic heterocycles. The summed E-state index contributed by atoms with van der Waals surface area (Å²) in [4.78, 5) is 24.9. The van der Waals surface area contributed by atoms with Gasteiger partial charge in [0.1, 0.15) is 5.60 Å². The summed E-state index contributed by atoms with van der Waals surface area (Å²) in [5.41, 5.74) is -0.587. The third-order valence-electron chi connectivity index (χ3n) is 2.98. The molecule has 0 unspecified atom stereocenters. The Bertz CT molecular complexity index is 464. The molecule has 1 heterocycles. The van der Waals surface area contributed by atoms with Gasteiger partial charge in [0, 0.05) is 17.6 Å². The van der Waals surface area contributed by atoms with E-state index in [1.165, 1.54) is 10.0 Å². The number of allylic oxidation sites excluding steroid dienone is 1. The molecule has 2 aliphatic rings. The third-order valence-corrected chi connectivity index (χ3v) is 3.26. The standard InChI is InChI=1S/C14H20N2O3S/c1-14(2,3)19-13(18)16(9-10-4-5-10)15-7-6-11(20)8-12(15)17/h6-7,10H,4-5,8-9H2,1-3H3. The minimum absolute atomic E-state index is 0.162. The van der Waals surface area contributed by atoms with Crippen LogP contribution in [0.2, 0.25) is 0 Å². The van der Waals surface area contributed by atoms with E-state index in [2.05, 4.69) is 0 Å². The van der Waals surface area contributed by atoms with Crippen LogP contribution in [-0.4, -0.2) is 39.0 Å². The van der Waals surface area contributed by atoms with Crippen molar-refractivity contribution in [3.8, 4) is 0 Å². The summed E-state index contributed by atoms with van der Waals surface area (Å²) < 4.78 is 5.38. The molecule has 1 saturated carbocycles. The summed E-state index contributed by atoms with van der Waals surface area (Å²) in [7, 11) is 0. The van der Waals surface area contributed by atoms with Crippen molar-refractivity contribution in [2.75, 3.05) is 6.54 Å². The largest absolute Gasteiger partial charge is 0.442 e. The maximum absolute atomic E-state index is 12.3. The highest BCUT2D eigenvalue weighted by Gasteiger charge is 2.35. The van der Waals surface area contributed by atoms with Gasteiger partial charge in [-0.3, -0.25) is 4.79 Å². The van der Waals surface area contributed by atoms with Crippen LogP contribution in [0.4, 0.5) is 4.79 Å². The molecule has 5 nitrogen and oxygen atoms in total. The molecule has 0 bridgehead atoms. The zero-order chi connectivity index (χ0) is 14.9. The van der Waals surface area contributed by atoms with Crippen LogP contribution in [0.1, 0.15) is 40.0 Å². The molecular formula is C14H20N2O3S. The highest BCUT2D eigenvalue weighted by molar-refractivity contribution is 7.80. The van der Waals surface area contributed by atoms with Gasteiger partial charge in [-0.1, -0.05) is 12.2 Å². The highest BCUT2D eigenvalue weighted by atomic mass is 32.1. The van der Waals surface area contributed by atoms with E-state index < -0.39 is 11.7 Å². The number of rotatable bonds is 3. The second-order valence-electron chi connectivity index (χ2n) is 6.20. The minimum atomic E-state index is -0.587. The molecule has 1 fully saturated rings. The summed E-state index contributed by atoms with van der Waals surface area (Å²) in [6, 6.07) is 0. The minimum Gasteiger partial charge on any atom is -0.442 e.